The fourth-order valence-electron chi connectivity index (χ4n) is 6.27. The Kier molecular flexibility index (Phi) is 4.43. The predicted octanol–water partition coefficient (Wildman–Crippen LogP) is 9.32. The molecule has 1 aliphatic carbocycles. The Morgan fingerprint density at radius 2 is 1.26 bits per heavy atom. The Morgan fingerprint density at radius 1 is 0.543 bits per heavy atom. The Balaban J connectivity index is 1.65. The van der Waals surface area contributed by atoms with Crippen molar-refractivity contribution >= 4 is 33.1 Å². The molecule has 6 aromatic rings. The summed E-state index contributed by atoms with van der Waals surface area (Å²) in [5.41, 5.74) is 8.38. The molecule has 0 radical (unpaired) electrons. The molecule has 1 heteroatoms. The van der Waals surface area contributed by atoms with Gasteiger partial charge in [-0.25, -0.2) is 0 Å². The van der Waals surface area contributed by atoms with Crippen molar-refractivity contribution in [2.45, 2.75) is 12.3 Å². The summed E-state index contributed by atoms with van der Waals surface area (Å²) in [5, 5.41) is 5.90. The SMILES string of the molecule is Cc1c(Cl)ccc2c1C(c1ccccc1)(c1ccc3c(ccc4ccccc43)c1)c1ccccc1-2. The predicted molar refractivity (Wildman–Crippen MR) is 149 cm³/mol. The molecular weight excluding hydrogens is 444 g/mol. The van der Waals surface area contributed by atoms with Gasteiger partial charge in [0.25, 0.3) is 0 Å². The van der Waals surface area contributed by atoms with Crippen LogP contribution in [0.1, 0.15) is 27.8 Å². The van der Waals surface area contributed by atoms with Crippen LogP contribution in [0.2, 0.25) is 5.02 Å². The van der Waals surface area contributed by atoms with Crippen LogP contribution in [0.4, 0.5) is 0 Å². The molecule has 0 spiro atoms. The highest BCUT2D eigenvalue weighted by molar-refractivity contribution is 6.31. The molecule has 0 bridgehead atoms. The van der Waals surface area contributed by atoms with E-state index in [1.54, 1.807) is 0 Å². The van der Waals surface area contributed by atoms with Gasteiger partial charge in [0, 0.05) is 5.02 Å². The summed E-state index contributed by atoms with van der Waals surface area (Å²) in [6, 6.07) is 44.1. The van der Waals surface area contributed by atoms with Crippen LogP contribution in [0.15, 0.2) is 121 Å². The first-order chi connectivity index (χ1) is 17.2. The number of rotatable bonds is 2. The smallest absolute Gasteiger partial charge is 0.0716 e. The van der Waals surface area contributed by atoms with E-state index in [9.17, 15) is 0 Å². The largest absolute Gasteiger partial charge is 0.0840 e. The summed E-state index contributed by atoms with van der Waals surface area (Å²) < 4.78 is 0. The van der Waals surface area contributed by atoms with Gasteiger partial charge in [-0.1, -0.05) is 121 Å². The number of hydrogen-bond acceptors (Lipinski definition) is 0. The first kappa shape index (κ1) is 20.5. The zero-order valence-corrected chi connectivity index (χ0v) is 20.2. The van der Waals surface area contributed by atoms with Crippen LogP contribution < -0.4 is 0 Å². The van der Waals surface area contributed by atoms with Crippen molar-refractivity contribution in [2.75, 3.05) is 0 Å². The summed E-state index contributed by atoms with van der Waals surface area (Å²) in [6.45, 7) is 2.17. The number of benzene rings is 6. The molecule has 35 heavy (non-hydrogen) atoms. The maximum atomic E-state index is 6.80. The van der Waals surface area contributed by atoms with Crippen LogP contribution in [0, 0.1) is 6.92 Å². The van der Waals surface area contributed by atoms with E-state index in [1.807, 2.05) is 6.07 Å². The van der Waals surface area contributed by atoms with E-state index in [2.05, 4.69) is 122 Å². The lowest BCUT2D eigenvalue weighted by Crippen LogP contribution is -2.29. The Morgan fingerprint density at radius 3 is 2.14 bits per heavy atom. The summed E-state index contributed by atoms with van der Waals surface area (Å²) in [4.78, 5) is 0. The molecule has 0 amide bonds. The second kappa shape index (κ2) is 7.57. The third kappa shape index (κ3) is 2.75. The minimum atomic E-state index is -0.442. The molecule has 0 N–H and O–H groups in total. The van der Waals surface area contributed by atoms with Crippen LogP contribution >= 0.6 is 11.6 Å². The van der Waals surface area contributed by atoms with Crippen LogP contribution in [-0.2, 0) is 5.41 Å². The Hall–Kier alpha value is -3.87. The van der Waals surface area contributed by atoms with Crippen LogP contribution in [-0.4, -0.2) is 0 Å². The van der Waals surface area contributed by atoms with Crippen molar-refractivity contribution in [3.8, 4) is 11.1 Å². The molecule has 1 atom stereocenters. The second-order valence-electron chi connectivity index (χ2n) is 9.48. The van der Waals surface area contributed by atoms with Crippen molar-refractivity contribution in [1.29, 1.82) is 0 Å². The second-order valence-corrected chi connectivity index (χ2v) is 9.89. The third-order valence-corrected chi connectivity index (χ3v) is 8.19. The zero-order valence-electron chi connectivity index (χ0n) is 19.4. The van der Waals surface area contributed by atoms with Crippen molar-refractivity contribution in [2.24, 2.45) is 0 Å². The minimum absolute atomic E-state index is 0.442. The highest BCUT2D eigenvalue weighted by atomic mass is 35.5. The van der Waals surface area contributed by atoms with E-state index >= 15 is 0 Å². The molecule has 0 saturated carbocycles. The van der Waals surface area contributed by atoms with Crippen LogP contribution in [0.5, 0.6) is 0 Å². The van der Waals surface area contributed by atoms with E-state index in [1.165, 1.54) is 54.9 Å². The molecule has 1 aliphatic rings. The lowest BCUT2D eigenvalue weighted by atomic mass is 9.66. The lowest BCUT2D eigenvalue weighted by molar-refractivity contribution is 0.763. The molecule has 0 fully saturated rings. The van der Waals surface area contributed by atoms with Gasteiger partial charge in [-0.3, -0.25) is 0 Å². The maximum absolute atomic E-state index is 6.80. The van der Waals surface area contributed by atoms with Gasteiger partial charge in [0.15, 0.2) is 0 Å². The van der Waals surface area contributed by atoms with E-state index in [-0.39, 0.29) is 0 Å². The molecule has 166 valence electrons. The molecule has 7 rings (SSSR count). The van der Waals surface area contributed by atoms with E-state index in [0.717, 1.165) is 10.6 Å². The van der Waals surface area contributed by atoms with Gasteiger partial charge in [-0.15, -0.1) is 0 Å². The molecule has 0 aromatic heterocycles. The van der Waals surface area contributed by atoms with Crippen molar-refractivity contribution in [3.05, 3.63) is 154 Å². The molecule has 0 nitrogen and oxygen atoms in total. The highest BCUT2D eigenvalue weighted by Gasteiger charge is 2.47. The molecule has 1 unspecified atom stereocenters. The van der Waals surface area contributed by atoms with Gasteiger partial charge in [0.05, 0.1) is 5.41 Å². The summed E-state index contributed by atoms with van der Waals surface area (Å²) in [5.74, 6) is 0. The van der Waals surface area contributed by atoms with Crippen molar-refractivity contribution < 1.29 is 0 Å². The molecule has 0 aliphatic heterocycles. The first-order valence-corrected chi connectivity index (χ1v) is 12.4. The lowest BCUT2D eigenvalue weighted by Gasteiger charge is -2.35. The quantitative estimate of drug-likeness (QED) is 0.222. The number of hydrogen-bond donors (Lipinski definition) is 0. The minimum Gasteiger partial charge on any atom is -0.0840 e. The third-order valence-electron chi connectivity index (χ3n) is 7.78. The maximum Gasteiger partial charge on any atom is 0.0716 e. The Bertz CT molecular complexity index is 1760. The van der Waals surface area contributed by atoms with E-state index in [0.29, 0.717) is 0 Å². The van der Waals surface area contributed by atoms with Crippen LogP contribution in [0.3, 0.4) is 0 Å². The fourth-order valence-corrected chi connectivity index (χ4v) is 6.43. The van der Waals surface area contributed by atoms with Gasteiger partial charge in [0.1, 0.15) is 0 Å². The normalized spacial score (nSPS) is 16.4. The topological polar surface area (TPSA) is 0 Å². The molecule has 0 saturated heterocycles. The average molecular weight is 467 g/mol. The molecule has 6 aromatic carbocycles. The van der Waals surface area contributed by atoms with Crippen molar-refractivity contribution in [3.63, 3.8) is 0 Å². The first-order valence-electron chi connectivity index (χ1n) is 12.1. The summed E-state index contributed by atoms with van der Waals surface area (Å²) in [7, 11) is 0. The number of halogens is 1. The van der Waals surface area contributed by atoms with Crippen molar-refractivity contribution in [1.82, 2.24) is 0 Å². The van der Waals surface area contributed by atoms with Gasteiger partial charge < -0.3 is 0 Å². The summed E-state index contributed by atoms with van der Waals surface area (Å²) in [6.07, 6.45) is 0. The van der Waals surface area contributed by atoms with E-state index in [4.69, 9.17) is 11.6 Å². The number of fused-ring (bicyclic) bond motifs is 6. The zero-order chi connectivity index (χ0) is 23.6. The monoisotopic (exact) mass is 466 g/mol. The van der Waals surface area contributed by atoms with Gasteiger partial charge in [0.2, 0.25) is 0 Å². The van der Waals surface area contributed by atoms with E-state index < -0.39 is 5.41 Å². The van der Waals surface area contributed by atoms with Gasteiger partial charge >= 0.3 is 0 Å². The van der Waals surface area contributed by atoms with Gasteiger partial charge in [-0.05, 0) is 79.5 Å². The standard InChI is InChI=1S/C34H23Cl/c1-22-32(35)20-19-30-29-13-7-8-14-31(29)34(33(22)30,25-10-3-2-4-11-25)26-17-18-28-24(21-26)16-15-23-9-5-6-12-27(23)28/h2-21H,1H3. The fraction of sp³-hybridized carbons (Fsp3) is 0.0588. The average Bonchev–Trinajstić information content (AvgIpc) is 3.22. The Labute approximate surface area is 210 Å². The van der Waals surface area contributed by atoms with Crippen LogP contribution in [0.25, 0.3) is 32.7 Å². The molecular formula is C34H23Cl. The molecule has 0 heterocycles. The highest BCUT2D eigenvalue weighted by Crippen LogP contribution is 2.58. The van der Waals surface area contributed by atoms with Gasteiger partial charge in [-0.2, -0.15) is 0 Å². The summed E-state index contributed by atoms with van der Waals surface area (Å²) >= 11 is 6.80.